The zero-order chi connectivity index (χ0) is 16.1. The SMILES string of the molecule is CN(C(=O)COC(=O)c1cc(Br)ccc1O)C1CCCCC1. The molecule has 1 fully saturated rings. The highest BCUT2D eigenvalue weighted by Crippen LogP contribution is 2.23. The van der Waals surface area contributed by atoms with Crippen LogP contribution in [0.3, 0.4) is 0 Å². The molecule has 0 heterocycles. The van der Waals surface area contributed by atoms with Crippen molar-refractivity contribution in [2.45, 2.75) is 38.1 Å². The normalized spacial score (nSPS) is 15.4. The third-order valence-electron chi connectivity index (χ3n) is 4.02. The molecule has 0 aromatic heterocycles. The Labute approximate surface area is 138 Å². The topological polar surface area (TPSA) is 66.8 Å². The number of phenols is 1. The van der Waals surface area contributed by atoms with Crippen molar-refractivity contribution in [1.82, 2.24) is 4.90 Å². The monoisotopic (exact) mass is 369 g/mol. The Morgan fingerprint density at radius 3 is 2.68 bits per heavy atom. The van der Waals surface area contributed by atoms with Gasteiger partial charge in [0.2, 0.25) is 0 Å². The maximum atomic E-state index is 12.1. The molecular formula is C16H20BrNO4. The van der Waals surface area contributed by atoms with Gasteiger partial charge in [-0.25, -0.2) is 4.79 Å². The first-order valence-electron chi connectivity index (χ1n) is 7.40. The van der Waals surface area contributed by atoms with E-state index in [1.165, 1.54) is 18.6 Å². The molecule has 22 heavy (non-hydrogen) atoms. The molecule has 0 radical (unpaired) electrons. The summed E-state index contributed by atoms with van der Waals surface area (Å²) in [6, 6.07) is 4.72. The predicted octanol–water partition coefficient (Wildman–Crippen LogP) is 3.10. The smallest absolute Gasteiger partial charge is 0.342 e. The second-order valence-electron chi connectivity index (χ2n) is 5.53. The number of aromatic hydroxyl groups is 1. The highest BCUT2D eigenvalue weighted by atomic mass is 79.9. The van der Waals surface area contributed by atoms with E-state index in [-0.39, 0.29) is 29.9 Å². The van der Waals surface area contributed by atoms with Gasteiger partial charge in [0, 0.05) is 17.6 Å². The number of esters is 1. The molecule has 1 amide bonds. The molecule has 0 atom stereocenters. The van der Waals surface area contributed by atoms with Crippen LogP contribution in [0, 0.1) is 0 Å². The lowest BCUT2D eigenvalue weighted by Crippen LogP contribution is -2.40. The van der Waals surface area contributed by atoms with E-state index < -0.39 is 5.97 Å². The molecule has 0 aliphatic heterocycles. The number of likely N-dealkylation sites (N-methyl/N-ethyl adjacent to an activating group) is 1. The summed E-state index contributed by atoms with van der Waals surface area (Å²) in [5.41, 5.74) is 0.0440. The van der Waals surface area contributed by atoms with E-state index in [0.717, 1.165) is 25.7 Å². The molecule has 6 heteroatoms. The standard InChI is InChI=1S/C16H20BrNO4/c1-18(12-5-3-2-4-6-12)15(20)10-22-16(21)13-9-11(17)7-8-14(13)19/h7-9,12,19H,2-6,10H2,1H3. The Hall–Kier alpha value is -1.56. The Morgan fingerprint density at radius 2 is 2.00 bits per heavy atom. The molecule has 1 aliphatic carbocycles. The Morgan fingerprint density at radius 1 is 1.32 bits per heavy atom. The first-order valence-corrected chi connectivity index (χ1v) is 8.19. The fourth-order valence-corrected chi connectivity index (χ4v) is 3.01. The number of hydrogen-bond donors (Lipinski definition) is 1. The van der Waals surface area contributed by atoms with Crippen molar-refractivity contribution in [2.24, 2.45) is 0 Å². The van der Waals surface area contributed by atoms with Gasteiger partial charge in [0.25, 0.3) is 5.91 Å². The molecule has 1 aromatic rings. The van der Waals surface area contributed by atoms with Crippen molar-refractivity contribution in [1.29, 1.82) is 0 Å². The van der Waals surface area contributed by atoms with Crippen LogP contribution in [-0.2, 0) is 9.53 Å². The highest BCUT2D eigenvalue weighted by molar-refractivity contribution is 9.10. The fourth-order valence-electron chi connectivity index (χ4n) is 2.65. The minimum absolute atomic E-state index is 0.0440. The Balaban J connectivity index is 1.90. The maximum absolute atomic E-state index is 12.1. The third kappa shape index (κ3) is 4.22. The van der Waals surface area contributed by atoms with Crippen LogP contribution in [0.25, 0.3) is 0 Å². The number of phenolic OH excluding ortho intramolecular Hbond substituents is 1. The Bertz CT molecular complexity index is 555. The van der Waals surface area contributed by atoms with E-state index in [9.17, 15) is 14.7 Å². The van der Waals surface area contributed by atoms with Gasteiger partial charge in [-0.3, -0.25) is 4.79 Å². The molecule has 2 rings (SSSR count). The van der Waals surface area contributed by atoms with Gasteiger partial charge in [-0.2, -0.15) is 0 Å². The molecule has 0 unspecified atom stereocenters. The summed E-state index contributed by atoms with van der Waals surface area (Å²) in [5.74, 6) is -1.08. The average Bonchev–Trinajstić information content (AvgIpc) is 2.54. The molecule has 5 nitrogen and oxygen atoms in total. The van der Waals surface area contributed by atoms with Crippen LogP contribution >= 0.6 is 15.9 Å². The van der Waals surface area contributed by atoms with Gasteiger partial charge in [-0.05, 0) is 31.0 Å². The van der Waals surface area contributed by atoms with Crippen molar-refractivity contribution >= 4 is 27.8 Å². The van der Waals surface area contributed by atoms with E-state index in [2.05, 4.69) is 15.9 Å². The molecule has 120 valence electrons. The maximum Gasteiger partial charge on any atom is 0.342 e. The molecule has 0 saturated heterocycles. The van der Waals surface area contributed by atoms with Crippen molar-refractivity contribution in [3.8, 4) is 5.75 Å². The number of ether oxygens (including phenoxy) is 1. The number of rotatable bonds is 4. The lowest BCUT2D eigenvalue weighted by atomic mass is 9.94. The number of nitrogens with zero attached hydrogens (tertiary/aromatic N) is 1. The van der Waals surface area contributed by atoms with Crippen LogP contribution in [0.2, 0.25) is 0 Å². The van der Waals surface area contributed by atoms with E-state index >= 15 is 0 Å². The van der Waals surface area contributed by atoms with E-state index in [0.29, 0.717) is 4.47 Å². The third-order valence-corrected chi connectivity index (χ3v) is 4.51. The molecule has 0 bridgehead atoms. The summed E-state index contributed by atoms with van der Waals surface area (Å²) in [6.07, 6.45) is 5.49. The zero-order valence-corrected chi connectivity index (χ0v) is 14.1. The number of carbonyl (C=O) groups is 2. The Kier molecular flexibility index (Phi) is 5.83. The first-order chi connectivity index (χ1) is 10.5. The fraction of sp³-hybridized carbons (Fsp3) is 0.500. The summed E-state index contributed by atoms with van der Waals surface area (Å²) in [6.45, 7) is -0.308. The minimum Gasteiger partial charge on any atom is -0.507 e. The summed E-state index contributed by atoms with van der Waals surface area (Å²) < 4.78 is 5.68. The van der Waals surface area contributed by atoms with Gasteiger partial charge in [-0.15, -0.1) is 0 Å². The molecule has 0 spiro atoms. The van der Waals surface area contributed by atoms with Crippen molar-refractivity contribution in [2.75, 3.05) is 13.7 Å². The van der Waals surface area contributed by atoms with Gasteiger partial charge in [-0.1, -0.05) is 35.2 Å². The number of carbonyl (C=O) groups excluding carboxylic acids is 2. The predicted molar refractivity (Wildman–Crippen MR) is 85.7 cm³/mol. The number of amides is 1. The van der Waals surface area contributed by atoms with Gasteiger partial charge in [0.1, 0.15) is 11.3 Å². The van der Waals surface area contributed by atoms with Crippen LogP contribution in [0.15, 0.2) is 22.7 Å². The number of hydrogen-bond acceptors (Lipinski definition) is 4. The van der Waals surface area contributed by atoms with Gasteiger partial charge in [0.05, 0.1) is 0 Å². The van der Waals surface area contributed by atoms with Gasteiger partial charge in [0.15, 0.2) is 6.61 Å². The molecule has 1 aromatic carbocycles. The molecule has 1 saturated carbocycles. The quantitative estimate of drug-likeness (QED) is 0.828. The largest absolute Gasteiger partial charge is 0.507 e. The van der Waals surface area contributed by atoms with Crippen LogP contribution in [0.5, 0.6) is 5.75 Å². The van der Waals surface area contributed by atoms with Crippen molar-refractivity contribution in [3.05, 3.63) is 28.2 Å². The second kappa shape index (κ2) is 7.63. The number of halogens is 1. The first kappa shape index (κ1) is 16.8. The lowest BCUT2D eigenvalue weighted by molar-refractivity contribution is -0.135. The second-order valence-corrected chi connectivity index (χ2v) is 6.45. The lowest BCUT2D eigenvalue weighted by Gasteiger charge is -2.31. The van der Waals surface area contributed by atoms with Gasteiger partial charge >= 0.3 is 5.97 Å². The van der Waals surface area contributed by atoms with Crippen LogP contribution < -0.4 is 0 Å². The molecule has 1 aliphatic rings. The average molecular weight is 370 g/mol. The van der Waals surface area contributed by atoms with E-state index in [4.69, 9.17) is 4.74 Å². The molecular weight excluding hydrogens is 350 g/mol. The summed E-state index contributed by atoms with van der Waals surface area (Å²) >= 11 is 3.23. The summed E-state index contributed by atoms with van der Waals surface area (Å²) in [7, 11) is 1.75. The van der Waals surface area contributed by atoms with E-state index in [1.807, 2.05) is 0 Å². The minimum atomic E-state index is -0.704. The van der Waals surface area contributed by atoms with Crippen molar-refractivity contribution in [3.63, 3.8) is 0 Å². The van der Waals surface area contributed by atoms with Crippen LogP contribution in [0.1, 0.15) is 42.5 Å². The van der Waals surface area contributed by atoms with Crippen LogP contribution in [0.4, 0.5) is 0 Å². The van der Waals surface area contributed by atoms with Gasteiger partial charge < -0.3 is 14.7 Å². The summed E-state index contributed by atoms with van der Waals surface area (Å²) in [5, 5.41) is 9.67. The molecule has 1 N–H and O–H groups in total. The number of benzene rings is 1. The zero-order valence-electron chi connectivity index (χ0n) is 12.5. The van der Waals surface area contributed by atoms with Crippen LogP contribution in [-0.4, -0.2) is 41.6 Å². The highest BCUT2D eigenvalue weighted by Gasteiger charge is 2.23. The van der Waals surface area contributed by atoms with E-state index in [1.54, 1.807) is 18.0 Å². The van der Waals surface area contributed by atoms with Crippen molar-refractivity contribution < 1.29 is 19.4 Å². The summed E-state index contributed by atoms with van der Waals surface area (Å²) in [4.78, 5) is 25.7.